The zero-order chi connectivity index (χ0) is 16.4. The SMILES string of the molecule is C[C@]12CCC(=O)C(O)=C1CC[C@@H]1[C@@H]2CC[C@]2(C)OC(=O)CC[C@@H]12. The molecule has 0 amide bonds. The number of hydrogen-bond acceptors (Lipinski definition) is 4. The molecule has 4 nitrogen and oxygen atoms in total. The van der Waals surface area contributed by atoms with Crippen molar-refractivity contribution < 1.29 is 19.4 Å². The van der Waals surface area contributed by atoms with Gasteiger partial charge < -0.3 is 9.84 Å². The molecule has 3 aliphatic carbocycles. The van der Waals surface area contributed by atoms with E-state index in [4.69, 9.17) is 4.74 Å². The maximum atomic E-state index is 11.9. The van der Waals surface area contributed by atoms with Crippen molar-refractivity contribution in [2.24, 2.45) is 23.2 Å². The highest BCUT2D eigenvalue weighted by atomic mass is 16.6. The predicted molar refractivity (Wildman–Crippen MR) is 84.7 cm³/mol. The summed E-state index contributed by atoms with van der Waals surface area (Å²) in [7, 11) is 0. The largest absolute Gasteiger partial charge is 0.504 e. The fraction of sp³-hybridized carbons (Fsp3) is 0.789. The zero-order valence-electron chi connectivity index (χ0n) is 14.1. The Morgan fingerprint density at radius 1 is 1.00 bits per heavy atom. The van der Waals surface area contributed by atoms with Gasteiger partial charge in [-0.25, -0.2) is 0 Å². The van der Waals surface area contributed by atoms with E-state index in [1.165, 1.54) is 0 Å². The fourth-order valence-electron chi connectivity index (χ4n) is 6.20. The van der Waals surface area contributed by atoms with E-state index in [1.54, 1.807) is 0 Å². The lowest BCUT2D eigenvalue weighted by Gasteiger charge is -2.59. The van der Waals surface area contributed by atoms with Crippen LogP contribution in [-0.2, 0) is 14.3 Å². The Balaban J connectivity index is 1.70. The molecule has 3 fully saturated rings. The van der Waals surface area contributed by atoms with Gasteiger partial charge >= 0.3 is 5.97 Å². The first-order chi connectivity index (χ1) is 10.8. The molecule has 0 unspecified atom stereocenters. The molecule has 126 valence electrons. The van der Waals surface area contributed by atoms with Gasteiger partial charge in [0.1, 0.15) is 5.60 Å². The van der Waals surface area contributed by atoms with Gasteiger partial charge in [-0.1, -0.05) is 6.92 Å². The van der Waals surface area contributed by atoms with Gasteiger partial charge in [0.25, 0.3) is 0 Å². The maximum Gasteiger partial charge on any atom is 0.306 e. The minimum Gasteiger partial charge on any atom is -0.504 e. The van der Waals surface area contributed by atoms with Gasteiger partial charge in [0.2, 0.25) is 0 Å². The summed E-state index contributed by atoms with van der Waals surface area (Å²) in [6.07, 6.45) is 6.53. The van der Waals surface area contributed by atoms with Crippen LogP contribution in [0.1, 0.15) is 65.2 Å². The molecule has 5 atom stereocenters. The molecule has 4 heteroatoms. The Morgan fingerprint density at radius 2 is 1.78 bits per heavy atom. The molecule has 0 spiro atoms. The van der Waals surface area contributed by atoms with E-state index in [2.05, 4.69) is 13.8 Å². The summed E-state index contributed by atoms with van der Waals surface area (Å²) in [5.41, 5.74) is 0.649. The van der Waals surface area contributed by atoms with Crippen LogP contribution in [0.5, 0.6) is 0 Å². The lowest BCUT2D eigenvalue weighted by Crippen LogP contribution is -2.56. The minimum atomic E-state index is -0.305. The number of rotatable bonds is 0. The average molecular weight is 318 g/mol. The van der Waals surface area contributed by atoms with Crippen LogP contribution in [0.3, 0.4) is 0 Å². The van der Waals surface area contributed by atoms with Crippen LogP contribution in [0.4, 0.5) is 0 Å². The van der Waals surface area contributed by atoms with Gasteiger partial charge in [0.05, 0.1) is 0 Å². The molecule has 1 saturated heterocycles. The molecule has 0 bridgehead atoms. The molecule has 4 rings (SSSR count). The Morgan fingerprint density at radius 3 is 2.57 bits per heavy atom. The number of allylic oxidation sites excluding steroid dienone is 2. The Bertz CT molecular complexity index is 606. The lowest BCUT2D eigenvalue weighted by atomic mass is 9.48. The third kappa shape index (κ3) is 2.03. The molecule has 0 aromatic rings. The summed E-state index contributed by atoms with van der Waals surface area (Å²) in [4.78, 5) is 23.7. The highest BCUT2D eigenvalue weighted by molar-refractivity contribution is 5.95. The topological polar surface area (TPSA) is 63.6 Å². The van der Waals surface area contributed by atoms with Crippen molar-refractivity contribution in [1.82, 2.24) is 0 Å². The Kier molecular flexibility index (Phi) is 3.20. The molecule has 1 N–H and O–H groups in total. The van der Waals surface area contributed by atoms with Crippen LogP contribution >= 0.6 is 0 Å². The number of hydrogen-bond donors (Lipinski definition) is 1. The van der Waals surface area contributed by atoms with Crippen LogP contribution in [0, 0.1) is 23.2 Å². The summed E-state index contributed by atoms with van der Waals surface area (Å²) in [5.74, 6) is 1.39. The van der Waals surface area contributed by atoms with Crippen molar-refractivity contribution in [3.8, 4) is 0 Å². The molecule has 2 saturated carbocycles. The summed E-state index contributed by atoms with van der Waals surface area (Å²) in [6, 6.07) is 0. The van der Waals surface area contributed by atoms with Crippen molar-refractivity contribution in [1.29, 1.82) is 0 Å². The molecule has 0 aromatic carbocycles. The van der Waals surface area contributed by atoms with E-state index < -0.39 is 0 Å². The van der Waals surface area contributed by atoms with Gasteiger partial charge in [-0.2, -0.15) is 0 Å². The van der Waals surface area contributed by atoms with Gasteiger partial charge in [0, 0.05) is 18.8 Å². The number of aliphatic hydroxyl groups is 1. The first-order valence-corrected chi connectivity index (χ1v) is 9.03. The highest BCUT2D eigenvalue weighted by Crippen LogP contribution is 2.62. The van der Waals surface area contributed by atoms with Crippen LogP contribution in [0.15, 0.2) is 11.3 Å². The summed E-state index contributed by atoms with van der Waals surface area (Å²) >= 11 is 0. The van der Waals surface area contributed by atoms with E-state index >= 15 is 0 Å². The number of carbonyl (C=O) groups is 2. The summed E-state index contributed by atoms with van der Waals surface area (Å²) in [5, 5.41) is 10.3. The quantitative estimate of drug-likeness (QED) is 0.692. The number of esters is 1. The second kappa shape index (κ2) is 4.84. The smallest absolute Gasteiger partial charge is 0.306 e. The van der Waals surface area contributed by atoms with E-state index in [9.17, 15) is 14.7 Å². The first kappa shape index (κ1) is 15.2. The molecule has 0 aromatic heterocycles. The second-order valence-electron chi connectivity index (χ2n) is 8.45. The third-order valence-electron chi connectivity index (χ3n) is 7.43. The Hall–Kier alpha value is -1.32. The van der Waals surface area contributed by atoms with Crippen LogP contribution in [0.2, 0.25) is 0 Å². The first-order valence-electron chi connectivity index (χ1n) is 9.03. The number of Topliss-reactive ketones (excluding diaryl/α,β-unsaturated/α-hetero) is 1. The number of carbonyl (C=O) groups excluding carboxylic acids is 2. The maximum absolute atomic E-state index is 11.9. The van der Waals surface area contributed by atoms with E-state index in [1.807, 2.05) is 0 Å². The standard InChI is InChI=1S/C19H26O4/c1-18-9-8-15(20)17(22)14(18)4-3-11-12(18)7-10-19(2)13(11)5-6-16(21)23-19/h11-13,22H,3-10H2,1-2H3/t11-,12+,13+,18-,19+/m1/s1. The van der Waals surface area contributed by atoms with Gasteiger partial charge in [0.15, 0.2) is 11.5 Å². The minimum absolute atomic E-state index is 0.0503. The lowest BCUT2D eigenvalue weighted by molar-refractivity contribution is -0.194. The molecule has 23 heavy (non-hydrogen) atoms. The van der Waals surface area contributed by atoms with Gasteiger partial charge in [-0.3, -0.25) is 9.59 Å². The van der Waals surface area contributed by atoms with Crippen molar-refractivity contribution in [2.75, 3.05) is 0 Å². The molecule has 0 radical (unpaired) electrons. The van der Waals surface area contributed by atoms with Crippen LogP contribution in [0.25, 0.3) is 0 Å². The molecule has 1 aliphatic heterocycles. The van der Waals surface area contributed by atoms with E-state index in [-0.39, 0.29) is 28.5 Å². The number of fused-ring (bicyclic) bond motifs is 5. The van der Waals surface area contributed by atoms with Crippen LogP contribution < -0.4 is 0 Å². The fourth-order valence-corrected chi connectivity index (χ4v) is 6.20. The predicted octanol–water partition coefficient (Wildman–Crippen LogP) is 3.70. The van der Waals surface area contributed by atoms with Crippen molar-refractivity contribution >= 4 is 11.8 Å². The third-order valence-corrected chi connectivity index (χ3v) is 7.43. The molecule has 4 aliphatic rings. The summed E-state index contributed by atoms with van der Waals surface area (Å²) in [6.45, 7) is 4.36. The van der Waals surface area contributed by atoms with Gasteiger partial charge in [-0.15, -0.1) is 0 Å². The van der Waals surface area contributed by atoms with Crippen LogP contribution in [-0.4, -0.2) is 22.5 Å². The number of ether oxygens (including phenoxy) is 1. The van der Waals surface area contributed by atoms with E-state index in [0.29, 0.717) is 30.6 Å². The second-order valence-corrected chi connectivity index (χ2v) is 8.45. The Labute approximate surface area is 137 Å². The van der Waals surface area contributed by atoms with Crippen molar-refractivity contribution in [2.45, 2.75) is 70.8 Å². The molecular weight excluding hydrogens is 292 g/mol. The zero-order valence-corrected chi connectivity index (χ0v) is 14.1. The number of ketones is 1. The molecular formula is C19H26O4. The normalized spacial score (nSPS) is 46.6. The van der Waals surface area contributed by atoms with Gasteiger partial charge in [-0.05, 0) is 68.3 Å². The highest BCUT2D eigenvalue weighted by Gasteiger charge is 2.58. The average Bonchev–Trinajstić information content (AvgIpc) is 2.50. The monoisotopic (exact) mass is 318 g/mol. The summed E-state index contributed by atoms with van der Waals surface area (Å²) < 4.78 is 5.78. The number of aliphatic hydroxyl groups excluding tert-OH is 1. The van der Waals surface area contributed by atoms with Crippen molar-refractivity contribution in [3.05, 3.63) is 11.3 Å². The van der Waals surface area contributed by atoms with E-state index in [0.717, 1.165) is 44.1 Å². The van der Waals surface area contributed by atoms with Crippen molar-refractivity contribution in [3.63, 3.8) is 0 Å². The molecule has 1 heterocycles.